The lowest BCUT2D eigenvalue weighted by molar-refractivity contribution is 0.414. The summed E-state index contributed by atoms with van der Waals surface area (Å²) in [6.07, 6.45) is 0.770. The third-order valence-electron chi connectivity index (χ3n) is 3.93. The summed E-state index contributed by atoms with van der Waals surface area (Å²) in [5, 5.41) is 5.82. The Balaban J connectivity index is 1.66. The summed E-state index contributed by atoms with van der Waals surface area (Å²) in [6, 6.07) is 13.1. The number of hydrogen-bond acceptors (Lipinski definition) is 5. The maximum absolute atomic E-state index is 13.8. The van der Waals surface area contributed by atoms with Crippen LogP contribution in [0, 0.1) is 18.6 Å². The smallest absolute Gasteiger partial charge is 0.224 e. The molecule has 0 aliphatic carbocycles. The molecule has 27 heavy (non-hydrogen) atoms. The molecule has 1 heterocycles. The van der Waals surface area contributed by atoms with Crippen LogP contribution in [0.3, 0.4) is 0 Å². The van der Waals surface area contributed by atoms with Crippen molar-refractivity contribution in [3.8, 4) is 5.75 Å². The first-order valence-electron chi connectivity index (χ1n) is 8.48. The van der Waals surface area contributed by atoms with Gasteiger partial charge < -0.3 is 15.4 Å². The molecule has 0 saturated heterocycles. The Morgan fingerprint density at radius 2 is 1.70 bits per heavy atom. The lowest BCUT2D eigenvalue weighted by atomic mass is 10.1. The molecule has 140 valence electrons. The molecular weight excluding hydrogens is 350 g/mol. The first-order chi connectivity index (χ1) is 13.0. The van der Waals surface area contributed by atoms with Gasteiger partial charge in [0.1, 0.15) is 28.9 Å². The summed E-state index contributed by atoms with van der Waals surface area (Å²) in [6.45, 7) is 2.41. The van der Waals surface area contributed by atoms with Crippen molar-refractivity contribution >= 4 is 17.5 Å². The van der Waals surface area contributed by atoms with Gasteiger partial charge in [-0.25, -0.2) is 13.8 Å². The molecule has 0 saturated carbocycles. The first-order valence-corrected chi connectivity index (χ1v) is 8.48. The number of ether oxygens (including phenoxy) is 1. The number of para-hydroxylation sites is 1. The molecule has 7 heteroatoms. The Morgan fingerprint density at radius 3 is 2.37 bits per heavy atom. The monoisotopic (exact) mass is 370 g/mol. The normalized spacial score (nSPS) is 10.5. The standard InChI is InChI=1S/C20H20F2N4O/c1-13-12-18(25-19-16(21)4-3-5-17(19)22)26-20(24-13)23-11-10-14-6-8-15(27-2)9-7-14/h3-9,12H,10-11H2,1-2H3,(H2,23,24,25,26). The molecule has 0 aliphatic heterocycles. The number of nitrogens with one attached hydrogen (secondary N) is 2. The van der Waals surface area contributed by atoms with E-state index in [2.05, 4.69) is 20.6 Å². The van der Waals surface area contributed by atoms with E-state index in [9.17, 15) is 8.78 Å². The highest BCUT2D eigenvalue weighted by molar-refractivity contribution is 5.59. The van der Waals surface area contributed by atoms with Gasteiger partial charge >= 0.3 is 0 Å². The maximum Gasteiger partial charge on any atom is 0.224 e. The molecule has 0 amide bonds. The molecule has 0 atom stereocenters. The van der Waals surface area contributed by atoms with E-state index in [0.29, 0.717) is 24.0 Å². The average molecular weight is 370 g/mol. The van der Waals surface area contributed by atoms with E-state index in [1.165, 1.54) is 18.2 Å². The number of aromatic nitrogens is 2. The van der Waals surface area contributed by atoms with Gasteiger partial charge in [-0.3, -0.25) is 0 Å². The number of rotatable bonds is 7. The molecule has 0 spiro atoms. The van der Waals surface area contributed by atoms with Crippen molar-refractivity contribution in [1.29, 1.82) is 0 Å². The van der Waals surface area contributed by atoms with Crippen molar-refractivity contribution in [3.05, 3.63) is 71.4 Å². The molecular formula is C20H20F2N4O. The van der Waals surface area contributed by atoms with Gasteiger partial charge in [0.15, 0.2) is 0 Å². The van der Waals surface area contributed by atoms with Crippen LogP contribution in [-0.4, -0.2) is 23.6 Å². The van der Waals surface area contributed by atoms with Gasteiger partial charge in [0.2, 0.25) is 5.95 Å². The average Bonchev–Trinajstić information content (AvgIpc) is 2.65. The van der Waals surface area contributed by atoms with Crippen LogP contribution in [0.1, 0.15) is 11.3 Å². The molecule has 0 unspecified atom stereocenters. The Hall–Kier alpha value is -3.22. The number of methoxy groups -OCH3 is 1. The third kappa shape index (κ3) is 4.91. The minimum absolute atomic E-state index is 0.236. The number of anilines is 3. The van der Waals surface area contributed by atoms with E-state index >= 15 is 0 Å². The Kier molecular flexibility index (Phi) is 5.80. The summed E-state index contributed by atoms with van der Waals surface area (Å²) in [7, 11) is 1.63. The fraction of sp³-hybridized carbons (Fsp3) is 0.200. The van der Waals surface area contributed by atoms with E-state index in [4.69, 9.17) is 4.74 Å². The summed E-state index contributed by atoms with van der Waals surface area (Å²) in [5.74, 6) is 0.159. The molecule has 5 nitrogen and oxygen atoms in total. The first kappa shape index (κ1) is 18.6. The Morgan fingerprint density at radius 1 is 1.00 bits per heavy atom. The summed E-state index contributed by atoms with van der Waals surface area (Å²) >= 11 is 0. The van der Waals surface area contributed by atoms with Crippen molar-refractivity contribution < 1.29 is 13.5 Å². The molecule has 2 N–H and O–H groups in total. The van der Waals surface area contributed by atoms with Crippen LogP contribution in [0.2, 0.25) is 0 Å². The minimum Gasteiger partial charge on any atom is -0.497 e. The quantitative estimate of drug-likeness (QED) is 0.643. The van der Waals surface area contributed by atoms with Crippen LogP contribution in [0.15, 0.2) is 48.5 Å². The van der Waals surface area contributed by atoms with E-state index in [0.717, 1.165) is 17.7 Å². The SMILES string of the molecule is COc1ccc(CCNc2nc(C)cc(Nc3c(F)cccc3F)n2)cc1. The highest BCUT2D eigenvalue weighted by Crippen LogP contribution is 2.23. The van der Waals surface area contributed by atoms with Crippen LogP contribution >= 0.6 is 0 Å². The molecule has 0 aliphatic rings. The number of halogens is 2. The van der Waals surface area contributed by atoms with Gasteiger partial charge in [-0.2, -0.15) is 4.98 Å². The zero-order chi connectivity index (χ0) is 19.2. The van der Waals surface area contributed by atoms with E-state index < -0.39 is 11.6 Å². The van der Waals surface area contributed by atoms with Crippen molar-refractivity contribution in [1.82, 2.24) is 9.97 Å². The largest absolute Gasteiger partial charge is 0.497 e. The summed E-state index contributed by atoms with van der Waals surface area (Å²) in [5.41, 5.74) is 1.58. The van der Waals surface area contributed by atoms with E-state index in [1.807, 2.05) is 24.3 Å². The molecule has 3 rings (SSSR count). The number of aryl methyl sites for hydroxylation is 1. The topological polar surface area (TPSA) is 59.1 Å². The zero-order valence-electron chi connectivity index (χ0n) is 15.1. The van der Waals surface area contributed by atoms with Crippen LogP contribution in [0.4, 0.5) is 26.2 Å². The van der Waals surface area contributed by atoms with Crippen LogP contribution in [0.25, 0.3) is 0 Å². The number of hydrogen-bond donors (Lipinski definition) is 2. The molecule has 0 radical (unpaired) electrons. The lowest BCUT2D eigenvalue weighted by Gasteiger charge is -2.11. The number of nitrogens with zero attached hydrogens (tertiary/aromatic N) is 2. The predicted octanol–water partition coefficient (Wildman–Crippen LogP) is 4.47. The van der Waals surface area contributed by atoms with Crippen LogP contribution in [-0.2, 0) is 6.42 Å². The van der Waals surface area contributed by atoms with Gasteiger partial charge in [-0.05, 0) is 43.2 Å². The molecule has 0 bridgehead atoms. The van der Waals surface area contributed by atoms with E-state index in [-0.39, 0.29) is 5.69 Å². The fourth-order valence-corrected chi connectivity index (χ4v) is 2.57. The highest BCUT2D eigenvalue weighted by atomic mass is 19.1. The van der Waals surface area contributed by atoms with Gasteiger partial charge in [-0.15, -0.1) is 0 Å². The minimum atomic E-state index is -0.680. The molecule has 3 aromatic rings. The second-order valence-electron chi connectivity index (χ2n) is 5.96. The second kappa shape index (κ2) is 8.44. The van der Waals surface area contributed by atoms with E-state index in [1.54, 1.807) is 20.1 Å². The van der Waals surface area contributed by atoms with Crippen molar-refractivity contribution in [3.63, 3.8) is 0 Å². The Bertz CT molecular complexity index is 896. The molecule has 0 fully saturated rings. The van der Waals surface area contributed by atoms with Crippen LogP contribution < -0.4 is 15.4 Å². The van der Waals surface area contributed by atoms with Gasteiger partial charge in [0.25, 0.3) is 0 Å². The highest BCUT2D eigenvalue weighted by Gasteiger charge is 2.10. The number of benzene rings is 2. The predicted molar refractivity (Wildman–Crippen MR) is 102 cm³/mol. The van der Waals surface area contributed by atoms with Gasteiger partial charge in [0, 0.05) is 18.3 Å². The second-order valence-corrected chi connectivity index (χ2v) is 5.96. The van der Waals surface area contributed by atoms with Crippen molar-refractivity contribution in [2.75, 3.05) is 24.3 Å². The van der Waals surface area contributed by atoms with Crippen molar-refractivity contribution in [2.24, 2.45) is 0 Å². The van der Waals surface area contributed by atoms with Crippen molar-refractivity contribution in [2.45, 2.75) is 13.3 Å². The maximum atomic E-state index is 13.8. The van der Waals surface area contributed by atoms with Gasteiger partial charge in [-0.1, -0.05) is 18.2 Å². The fourth-order valence-electron chi connectivity index (χ4n) is 2.57. The van der Waals surface area contributed by atoms with Gasteiger partial charge in [0.05, 0.1) is 7.11 Å². The summed E-state index contributed by atoms with van der Waals surface area (Å²) in [4.78, 5) is 8.59. The third-order valence-corrected chi connectivity index (χ3v) is 3.93. The Labute approximate surface area is 156 Å². The zero-order valence-corrected chi connectivity index (χ0v) is 15.1. The lowest BCUT2D eigenvalue weighted by Crippen LogP contribution is -2.10. The molecule has 1 aromatic heterocycles. The van der Waals surface area contributed by atoms with Crippen LogP contribution in [0.5, 0.6) is 5.75 Å². The molecule has 2 aromatic carbocycles. The summed E-state index contributed by atoms with van der Waals surface area (Å²) < 4.78 is 32.8.